The Balaban J connectivity index is 0.00000180. The van der Waals surface area contributed by atoms with Gasteiger partial charge in [0.05, 0.1) is 11.9 Å². The third-order valence-corrected chi connectivity index (χ3v) is 5.16. The summed E-state index contributed by atoms with van der Waals surface area (Å²) in [5.74, 6) is 0.297. The highest BCUT2D eigenvalue weighted by Gasteiger charge is 2.28. The number of nitrogens with one attached hydrogen (secondary N) is 2. The summed E-state index contributed by atoms with van der Waals surface area (Å²) in [6.45, 7) is 5.51. The van der Waals surface area contributed by atoms with E-state index in [0.717, 1.165) is 19.5 Å². The van der Waals surface area contributed by atoms with Crippen molar-refractivity contribution in [2.45, 2.75) is 31.2 Å². The highest BCUT2D eigenvalue weighted by atomic mass is 35.5. The zero-order valence-corrected chi connectivity index (χ0v) is 13.0. The molecule has 2 unspecified atom stereocenters. The lowest BCUT2D eigenvalue weighted by Gasteiger charge is -2.29. The van der Waals surface area contributed by atoms with Crippen molar-refractivity contribution in [3.8, 4) is 0 Å². The van der Waals surface area contributed by atoms with Gasteiger partial charge in [-0.15, -0.1) is 12.4 Å². The van der Waals surface area contributed by atoms with Gasteiger partial charge < -0.3 is 5.32 Å². The van der Waals surface area contributed by atoms with Gasteiger partial charge in [-0.1, -0.05) is 6.92 Å². The Morgan fingerprint density at radius 3 is 2.74 bits per heavy atom. The van der Waals surface area contributed by atoms with E-state index in [0.29, 0.717) is 11.6 Å². The van der Waals surface area contributed by atoms with Gasteiger partial charge in [0.1, 0.15) is 4.90 Å². The standard InChI is InChI=1S/C11H20N4O2S.ClH/c1-8-6-12-5-4-10(8)14-18(16,17)11-7-13-15(3)9(11)2;/h7-8,10,12,14H,4-6H2,1-3H3;1H. The van der Waals surface area contributed by atoms with Gasteiger partial charge in [-0.2, -0.15) is 5.10 Å². The summed E-state index contributed by atoms with van der Waals surface area (Å²) in [5.41, 5.74) is 0.657. The number of halogens is 1. The first kappa shape index (κ1) is 16.4. The molecule has 1 saturated heterocycles. The molecule has 1 aliphatic rings. The van der Waals surface area contributed by atoms with Crippen LogP contribution >= 0.6 is 12.4 Å². The average Bonchev–Trinajstić information content (AvgIpc) is 2.63. The molecule has 0 amide bonds. The lowest BCUT2D eigenvalue weighted by molar-refractivity contribution is 0.328. The first-order valence-corrected chi connectivity index (χ1v) is 7.62. The molecule has 0 spiro atoms. The molecule has 0 radical (unpaired) electrons. The van der Waals surface area contributed by atoms with E-state index < -0.39 is 10.0 Å². The van der Waals surface area contributed by atoms with E-state index in [-0.39, 0.29) is 23.3 Å². The molecule has 110 valence electrons. The van der Waals surface area contributed by atoms with Gasteiger partial charge in [0.15, 0.2) is 0 Å². The second kappa shape index (κ2) is 6.21. The topological polar surface area (TPSA) is 76.0 Å². The molecule has 1 aliphatic heterocycles. The van der Waals surface area contributed by atoms with Crippen LogP contribution in [0.15, 0.2) is 11.1 Å². The van der Waals surface area contributed by atoms with Crippen molar-refractivity contribution in [2.75, 3.05) is 13.1 Å². The molecule has 1 fully saturated rings. The Labute approximate surface area is 120 Å². The summed E-state index contributed by atoms with van der Waals surface area (Å²) >= 11 is 0. The Kier molecular flexibility index (Phi) is 5.37. The third kappa shape index (κ3) is 3.47. The minimum atomic E-state index is -3.46. The van der Waals surface area contributed by atoms with Crippen molar-refractivity contribution in [2.24, 2.45) is 13.0 Å². The molecule has 0 aliphatic carbocycles. The van der Waals surface area contributed by atoms with Gasteiger partial charge in [-0.3, -0.25) is 4.68 Å². The molecule has 6 nitrogen and oxygen atoms in total. The molecule has 8 heteroatoms. The predicted molar refractivity (Wildman–Crippen MR) is 76.0 cm³/mol. The van der Waals surface area contributed by atoms with Gasteiger partial charge in [-0.25, -0.2) is 13.1 Å². The molecule has 2 atom stereocenters. The molecular weight excluding hydrogens is 288 g/mol. The highest BCUT2D eigenvalue weighted by Crippen LogP contribution is 2.17. The van der Waals surface area contributed by atoms with Crippen LogP contribution in [0.3, 0.4) is 0 Å². The van der Waals surface area contributed by atoms with Crippen LogP contribution in [0.25, 0.3) is 0 Å². The van der Waals surface area contributed by atoms with Crippen LogP contribution in [0, 0.1) is 12.8 Å². The number of rotatable bonds is 3. The molecule has 19 heavy (non-hydrogen) atoms. The number of aromatic nitrogens is 2. The maximum absolute atomic E-state index is 12.3. The largest absolute Gasteiger partial charge is 0.316 e. The second-order valence-electron chi connectivity index (χ2n) is 4.92. The number of aryl methyl sites for hydroxylation is 1. The molecule has 0 saturated carbocycles. The zero-order chi connectivity index (χ0) is 13.3. The summed E-state index contributed by atoms with van der Waals surface area (Å²) in [6, 6.07) is -0.00384. The van der Waals surface area contributed by atoms with Gasteiger partial charge in [0, 0.05) is 13.1 Å². The lowest BCUT2D eigenvalue weighted by Crippen LogP contribution is -2.48. The molecular formula is C11H21ClN4O2S. The summed E-state index contributed by atoms with van der Waals surface area (Å²) in [5, 5.41) is 7.23. The Morgan fingerprint density at radius 2 is 2.21 bits per heavy atom. The zero-order valence-electron chi connectivity index (χ0n) is 11.4. The summed E-state index contributed by atoms with van der Waals surface area (Å²) in [6.07, 6.45) is 2.23. The van der Waals surface area contributed by atoms with E-state index in [1.54, 1.807) is 18.7 Å². The number of piperidine rings is 1. The molecule has 2 heterocycles. The smallest absolute Gasteiger partial charge is 0.244 e. The van der Waals surface area contributed by atoms with E-state index in [4.69, 9.17) is 0 Å². The van der Waals surface area contributed by atoms with Crippen LogP contribution < -0.4 is 10.0 Å². The van der Waals surface area contributed by atoms with Crippen molar-refractivity contribution >= 4 is 22.4 Å². The number of nitrogens with zero attached hydrogens (tertiary/aromatic N) is 2. The van der Waals surface area contributed by atoms with Crippen LogP contribution in [-0.2, 0) is 17.1 Å². The van der Waals surface area contributed by atoms with Gasteiger partial charge in [0.2, 0.25) is 10.0 Å². The molecule has 0 aromatic carbocycles. The Morgan fingerprint density at radius 1 is 1.53 bits per heavy atom. The van der Waals surface area contributed by atoms with Gasteiger partial charge in [-0.05, 0) is 32.4 Å². The Hall–Kier alpha value is -0.630. The van der Waals surface area contributed by atoms with Crippen molar-refractivity contribution in [1.29, 1.82) is 0 Å². The number of hydrogen-bond donors (Lipinski definition) is 2. The van der Waals surface area contributed by atoms with Crippen LogP contribution in [0.4, 0.5) is 0 Å². The van der Waals surface area contributed by atoms with Crippen LogP contribution in [-0.4, -0.2) is 37.3 Å². The molecule has 2 rings (SSSR count). The molecule has 0 bridgehead atoms. The van der Waals surface area contributed by atoms with E-state index in [2.05, 4.69) is 22.1 Å². The maximum atomic E-state index is 12.3. The lowest BCUT2D eigenvalue weighted by atomic mass is 9.97. The van der Waals surface area contributed by atoms with Crippen molar-refractivity contribution < 1.29 is 8.42 Å². The molecule has 2 N–H and O–H groups in total. The van der Waals surface area contributed by atoms with Crippen LogP contribution in [0.5, 0.6) is 0 Å². The quantitative estimate of drug-likeness (QED) is 0.849. The normalized spacial score (nSPS) is 23.9. The van der Waals surface area contributed by atoms with E-state index >= 15 is 0 Å². The minimum Gasteiger partial charge on any atom is -0.316 e. The van der Waals surface area contributed by atoms with Crippen LogP contribution in [0.1, 0.15) is 19.0 Å². The Bertz CT molecular complexity index is 529. The van der Waals surface area contributed by atoms with Gasteiger partial charge >= 0.3 is 0 Å². The van der Waals surface area contributed by atoms with Gasteiger partial charge in [0.25, 0.3) is 0 Å². The third-order valence-electron chi connectivity index (χ3n) is 3.57. The highest BCUT2D eigenvalue weighted by molar-refractivity contribution is 7.89. The number of sulfonamides is 1. The molecule has 1 aromatic rings. The summed E-state index contributed by atoms with van der Waals surface area (Å²) in [4.78, 5) is 0.274. The minimum absolute atomic E-state index is 0. The van der Waals surface area contributed by atoms with Crippen molar-refractivity contribution in [3.05, 3.63) is 11.9 Å². The predicted octanol–water partition coefficient (Wildman–Crippen LogP) is 0.427. The fraction of sp³-hybridized carbons (Fsp3) is 0.727. The monoisotopic (exact) mass is 308 g/mol. The summed E-state index contributed by atoms with van der Waals surface area (Å²) in [7, 11) is -1.73. The van der Waals surface area contributed by atoms with Crippen LogP contribution in [0.2, 0.25) is 0 Å². The van der Waals surface area contributed by atoms with E-state index in [1.165, 1.54) is 6.20 Å². The fourth-order valence-electron chi connectivity index (χ4n) is 2.19. The fourth-order valence-corrected chi connectivity index (χ4v) is 3.78. The average molecular weight is 309 g/mol. The number of hydrogen-bond acceptors (Lipinski definition) is 4. The van der Waals surface area contributed by atoms with Crippen molar-refractivity contribution in [1.82, 2.24) is 19.8 Å². The van der Waals surface area contributed by atoms with E-state index in [1.807, 2.05) is 0 Å². The molecule has 1 aromatic heterocycles. The maximum Gasteiger partial charge on any atom is 0.244 e. The SMILES string of the molecule is Cc1c(S(=O)(=O)NC2CCNCC2C)cnn1C.Cl. The second-order valence-corrected chi connectivity index (χ2v) is 6.60. The van der Waals surface area contributed by atoms with E-state index in [9.17, 15) is 8.42 Å². The first-order valence-electron chi connectivity index (χ1n) is 6.13. The first-order chi connectivity index (χ1) is 8.42. The van der Waals surface area contributed by atoms with Crippen molar-refractivity contribution in [3.63, 3.8) is 0 Å². The summed E-state index contributed by atoms with van der Waals surface area (Å²) < 4.78 is 29.0.